The molecule has 58 heavy (non-hydrogen) atoms. The zero-order valence-electron chi connectivity index (χ0n) is 35.9. The van der Waals surface area contributed by atoms with Crippen LogP contribution in [0.15, 0.2) is 49.2 Å². The normalized spacial score (nSPS) is 15.2. The molecular weight excluding hydrogens is 755 g/mol. The second kappa shape index (κ2) is 20.2. The fraction of sp³-hybridized carbons (Fsp3) is 0.553. The predicted octanol–water partition coefficient (Wildman–Crippen LogP) is 13.6. The van der Waals surface area contributed by atoms with Crippen molar-refractivity contribution in [1.82, 2.24) is 10.3 Å². The number of hydrogen-bond acceptors (Lipinski definition) is 4. The van der Waals surface area contributed by atoms with E-state index < -0.39 is 29.9 Å². The molecule has 1 amide bonds. The Labute approximate surface area is 341 Å². The smallest absolute Gasteiger partial charge is 0.422 e. The van der Waals surface area contributed by atoms with Crippen LogP contribution in [0.4, 0.5) is 26.3 Å². The first-order chi connectivity index (χ1) is 27.0. The minimum atomic E-state index is -4.40. The zero-order valence-corrected chi connectivity index (χ0v) is 35.9. The number of alkyl halides is 6. The number of amides is 1. The quantitative estimate of drug-likeness (QED) is 0.138. The number of nitrogens with zero attached hydrogens (tertiary/aromatic N) is 1. The van der Waals surface area contributed by atoms with Crippen LogP contribution in [-0.2, 0) is 15.8 Å². The Hall–Kier alpha value is -4.15. The Balaban J connectivity index is 0.000000311. The number of nitrogens with one attached hydrogen (secondary N) is 1. The first-order valence-corrected chi connectivity index (χ1v) is 20.5. The number of pyridine rings is 1. The van der Waals surface area contributed by atoms with Crippen molar-refractivity contribution in [2.75, 3.05) is 6.61 Å². The molecule has 4 rings (SSSR count). The van der Waals surface area contributed by atoms with Gasteiger partial charge in [-0.3, -0.25) is 9.59 Å². The highest BCUT2D eigenvalue weighted by Crippen LogP contribution is 2.45. The van der Waals surface area contributed by atoms with E-state index in [2.05, 4.69) is 37.7 Å². The number of Topliss-reactive ketones (excluding diaryl/α,β-unsaturated/α-hetero) is 1. The van der Waals surface area contributed by atoms with Crippen LogP contribution in [0.5, 0.6) is 5.88 Å². The van der Waals surface area contributed by atoms with E-state index in [1.807, 2.05) is 53.7 Å². The molecule has 0 spiro atoms. The van der Waals surface area contributed by atoms with Gasteiger partial charge < -0.3 is 10.1 Å². The number of benzene rings is 2. The molecule has 320 valence electrons. The molecule has 1 aromatic heterocycles. The van der Waals surface area contributed by atoms with Gasteiger partial charge in [-0.25, -0.2) is 4.98 Å². The lowest BCUT2D eigenvalue weighted by atomic mass is 9.74. The molecule has 1 aliphatic carbocycles. The van der Waals surface area contributed by atoms with Gasteiger partial charge in [-0.1, -0.05) is 86.1 Å². The van der Waals surface area contributed by atoms with Crippen molar-refractivity contribution in [2.24, 2.45) is 17.3 Å². The van der Waals surface area contributed by atoms with E-state index in [4.69, 9.17) is 4.74 Å². The van der Waals surface area contributed by atoms with Crippen LogP contribution in [0.1, 0.15) is 151 Å². The van der Waals surface area contributed by atoms with E-state index in [0.717, 1.165) is 85.3 Å². The van der Waals surface area contributed by atoms with Crippen molar-refractivity contribution in [1.29, 1.82) is 0 Å². The molecular formula is C47H62F6N2O3. The van der Waals surface area contributed by atoms with Gasteiger partial charge in [-0.05, 0) is 117 Å². The molecule has 11 heteroatoms. The summed E-state index contributed by atoms with van der Waals surface area (Å²) < 4.78 is 81.4. The molecule has 1 heterocycles. The number of rotatable bonds is 17. The molecule has 5 nitrogen and oxygen atoms in total. The lowest BCUT2D eigenvalue weighted by Gasteiger charge is -2.33. The first-order valence-electron chi connectivity index (χ1n) is 20.5. The van der Waals surface area contributed by atoms with Crippen LogP contribution < -0.4 is 10.1 Å². The van der Waals surface area contributed by atoms with Crippen molar-refractivity contribution < 1.29 is 40.7 Å². The van der Waals surface area contributed by atoms with Gasteiger partial charge in [0.15, 0.2) is 6.61 Å². The number of carbonyl (C=O) groups excluding carboxylic acids is 2. The van der Waals surface area contributed by atoms with Gasteiger partial charge in [0.1, 0.15) is 5.78 Å². The fourth-order valence-electron chi connectivity index (χ4n) is 7.52. The van der Waals surface area contributed by atoms with Gasteiger partial charge in [0, 0.05) is 45.8 Å². The van der Waals surface area contributed by atoms with Crippen LogP contribution in [0.2, 0.25) is 0 Å². The molecule has 0 radical (unpaired) electrons. The molecule has 0 aliphatic heterocycles. The molecule has 0 saturated heterocycles. The molecule has 1 aliphatic rings. The molecule has 1 saturated carbocycles. The molecule has 1 N–H and O–H groups in total. The van der Waals surface area contributed by atoms with Gasteiger partial charge in [0.05, 0.1) is 5.56 Å². The minimum Gasteiger partial charge on any atom is -0.468 e. The summed E-state index contributed by atoms with van der Waals surface area (Å²) in [4.78, 5) is 29.7. The van der Waals surface area contributed by atoms with Gasteiger partial charge in [-0.15, -0.1) is 0 Å². The number of aryl methyl sites for hydroxylation is 3. The summed E-state index contributed by atoms with van der Waals surface area (Å²) in [5.74, 6) is 0.560. The Morgan fingerprint density at radius 2 is 1.52 bits per heavy atom. The third-order valence-electron chi connectivity index (χ3n) is 11.4. The number of ether oxygens (including phenoxy) is 1. The maximum Gasteiger partial charge on any atom is 0.422 e. The molecule has 3 aromatic rings. The second-order valence-corrected chi connectivity index (χ2v) is 16.5. The van der Waals surface area contributed by atoms with Crippen LogP contribution in [0, 0.1) is 38.0 Å². The summed E-state index contributed by atoms with van der Waals surface area (Å²) in [7, 11) is 0. The second-order valence-electron chi connectivity index (χ2n) is 16.5. The van der Waals surface area contributed by atoms with E-state index in [1.165, 1.54) is 18.3 Å². The van der Waals surface area contributed by atoms with Gasteiger partial charge in [-0.2, -0.15) is 26.3 Å². The number of halogens is 6. The highest BCUT2D eigenvalue weighted by Gasteiger charge is 2.38. The van der Waals surface area contributed by atoms with E-state index in [9.17, 15) is 35.9 Å². The van der Waals surface area contributed by atoms with Gasteiger partial charge in [0.25, 0.3) is 0 Å². The Morgan fingerprint density at radius 1 is 0.897 bits per heavy atom. The summed E-state index contributed by atoms with van der Waals surface area (Å²) in [6, 6.07) is 9.54. The number of hydrogen-bond donors (Lipinski definition) is 1. The Kier molecular flexibility index (Phi) is 16.8. The fourth-order valence-corrected chi connectivity index (χ4v) is 7.52. The SMILES string of the molecule is C=C(NC(=O)C(CC)(CCC)CCC(C)CC)c1ccc(C(F)(F)F)cc1C1CC1.Cc1cc(-c2c(C)cc(C(C)C(=O)C(C)C)cc2C)cnc1OCC(F)(F)F. The Morgan fingerprint density at radius 3 is 2.00 bits per heavy atom. The van der Waals surface area contributed by atoms with Crippen LogP contribution >= 0.6 is 0 Å². The average molecular weight is 817 g/mol. The summed E-state index contributed by atoms with van der Waals surface area (Å²) >= 11 is 0. The number of aromatic nitrogens is 1. The van der Waals surface area contributed by atoms with Crippen LogP contribution in [0.3, 0.4) is 0 Å². The van der Waals surface area contributed by atoms with Crippen molar-refractivity contribution in [3.63, 3.8) is 0 Å². The van der Waals surface area contributed by atoms with Crippen molar-refractivity contribution >= 4 is 17.4 Å². The molecule has 0 bridgehead atoms. The van der Waals surface area contributed by atoms with Crippen molar-refractivity contribution in [3.05, 3.63) is 88.1 Å². The standard InChI is InChI=1S/C25H36F3NO.C22H26F3NO2/c1-6-14-24(8-3,15-13-17(4)7-2)23(30)29-18(5)21-12-11-20(25(26,27)28)16-22(21)19-9-10-19;1-12(2)20(27)16(6)17-7-13(3)19(14(4)8-17)18-9-15(5)21(26-10-18)28-11-22(23,24)25/h11-12,16-17,19H,5-10,13-15H2,1-4H3,(H,29,30);7-10,12,16H,11H2,1-6H3. The van der Waals surface area contributed by atoms with E-state index in [1.54, 1.807) is 13.0 Å². The number of carbonyl (C=O) groups is 2. The average Bonchev–Trinajstić information content (AvgIpc) is 4.00. The molecule has 1 fully saturated rings. The maximum atomic E-state index is 13.3. The first kappa shape index (κ1) is 48.2. The lowest BCUT2D eigenvalue weighted by molar-refractivity contribution is -0.154. The third kappa shape index (κ3) is 12.9. The molecule has 3 unspecified atom stereocenters. The topological polar surface area (TPSA) is 68.3 Å². The highest BCUT2D eigenvalue weighted by molar-refractivity contribution is 5.91. The van der Waals surface area contributed by atoms with E-state index in [-0.39, 0.29) is 35.3 Å². The monoisotopic (exact) mass is 816 g/mol. The summed E-state index contributed by atoms with van der Waals surface area (Å²) in [6.07, 6.45) is -0.194. The lowest BCUT2D eigenvalue weighted by Crippen LogP contribution is -2.40. The Bertz CT molecular complexity index is 1870. The van der Waals surface area contributed by atoms with Crippen LogP contribution in [0.25, 0.3) is 16.8 Å². The predicted molar refractivity (Wildman–Crippen MR) is 221 cm³/mol. The summed E-state index contributed by atoms with van der Waals surface area (Å²) in [6.45, 7) is 22.4. The number of ketones is 1. The van der Waals surface area contributed by atoms with E-state index in [0.29, 0.717) is 28.3 Å². The molecule has 3 atom stereocenters. The van der Waals surface area contributed by atoms with E-state index >= 15 is 0 Å². The van der Waals surface area contributed by atoms with Crippen LogP contribution in [-0.4, -0.2) is 29.5 Å². The molecule has 2 aromatic carbocycles. The van der Waals surface area contributed by atoms with Crippen molar-refractivity contribution in [2.45, 2.75) is 145 Å². The third-order valence-corrected chi connectivity index (χ3v) is 11.4. The summed E-state index contributed by atoms with van der Waals surface area (Å²) in [5, 5.41) is 2.98. The van der Waals surface area contributed by atoms with Crippen molar-refractivity contribution in [3.8, 4) is 17.0 Å². The maximum absolute atomic E-state index is 13.3. The van der Waals surface area contributed by atoms with Gasteiger partial charge in [0.2, 0.25) is 11.8 Å². The highest BCUT2D eigenvalue weighted by atomic mass is 19.4. The zero-order chi connectivity index (χ0) is 43.7. The summed E-state index contributed by atoms with van der Waals surface area (Å²) in [5.41, 5.74) is 5.82. The van der Waals surface area contributed by atoms with Gasteiger partial charge >= 0.3 is 12.4 Å². The minimum absolute atomic E-state index is 0.0239. The largest absolute Gasteiger partial charge is 0.468 e.